The van der Waals surface area contributed by atoms with E-state index in [-0.39, 0.29) is 5.91 Å². The summed E-state index contributed by atoms with van der Waals surface area (Å²) in [5, 5.41) is 3.79. The van der Waals surface area contributed by atoms with Crippen LogP contribution in [0.25, 0.3) is 15.4 Å². The molecule has 0 spiro atoms. The summed E-state index contributed by atoms with van der Waals surface area (Å²) in [5.41, 5.74) is 2.01. The third kappa shape index (κ3) is 5.38. The number of thiazole rings is 1. The van der Waals surface area contributed by atoms with Gasteiger partial charge in [-0.1, -0.05) is 19.9 Å². The molecule has 1 aromatic heterocycles. The Kier molecular flexibility index (Phi) is 7.46. The van der Waals surface area contributed by atoms with Gasteiger partial charge >= 0.3 is 0 Å². The van der Waals surface area contributed by atoms with Crippen molar-refractivity contribution < 1.29 is 9.53 Å². The van der Waals surface area contributed by atoms with E-state index in [0.717, 1.165) is 29.2 Å². The van der Waals surface area contributed by atoms with Crippen LogP contribution in [0.5, 0.6) is 5.75 Å². The Morgan fingerprint density at radius 3 is 2.93 bits per heavy atom. The predicted molar refractivity (Wildman–Crippen MR) is 121 cm³/mol. The number of likely N-dealkylation sites (tertiary alicyclic amines) is 1. The number of rotatable bonds is 8. The molecule has 2 aromatic rings. The van der Waals surface area contributed by atoms with E-state index in [4.69, 9.17) is 11.3 Å². The third-order valence-electron chi connectivity index (χ3n) is 5.34. The number of benzene rings is 1. The van der Waals surface area contributed by atoms with Crippen LogP contribution in [-0.4, -0.2) is 48.6 Å². The van der Waals surface area contributed by atoms with Crippen molar-refractivity contribution in [3.8, 4) is 16.3 Å². The molecule has 7 heteroatoms. The summed E-state index contributed by atoms with van der Waals surface area (Å²) in [5.74, 6) is 0.907. The zero-order chi connectivity index (χ0) is 21.7. The first-order chi connectivity index (χ1) is 14.4. The van der Waals surface area contributed by atoms with E-state index in [0.29, 0.717) is 41.4 Å². The number of hydrogen-bond donors (Lipinski definition) is 1. The molecule has 160 valence electrons. The lowest BCUT2D eigenvalue weighted by Crippen LogP contribution is -2.31. The van der Waals surface area contributed by atoms with Crippen molar-refractivity contribution in [2.24, 2.45) is 5.92 Å². The topological polar surface area (TPSA) is 58.8 Å². The Morgan fingerprint density at radius 1 is 1.47 bits per heavy atom. The zero-order valence-corrected chi connectivity index (χ0v) is 19.0. The van der Waals surface area contributed by atoms with Crippen LogP contribution >= 0.6 is 11.3 Å². The molecule has 1 aliphatic rings. The quantitative estimate of drug-likeness (QED) is 0.609. The average Bonchev–Trinajstić information content (AvgIpc) is 3.31. The first-order valence-electron chi connectivity index (χ1n) is 10.5. The van der Waals surface area contributed by atoms with Crippen molar-refractivity contribution in [3.63, 3.8) is 0 Å². The van der Waals surface area contributed by atoms with Crippen LogP contribution in [-0.2, 0) is 0 Å². The summed E-state index contributed by atoms with van der Waals surface area (Å²) >= 11 is 1.37. The van der Waals surface area contributed by atoms with Gasteiger partial charge in [-0.3, -0.25) is 4.79 Å². The molecule has 0 saturated carbocycles. The summed E-state index contributed by atoms with van der Waals surface area (Å²) in [6.07, 6.45) is 3.41. The van der Waals surface area contributed by atoms with Crippen LogP contribution in [0.3, 0.4) is 0 Å². The summed E-state index contributed by atoms with van der Waals surface area (Å²) < 4.78 is 5.74. The molecule has 0 radical (unpaired) electrons. The molecular weight excluding hydrogens is 396 g/mol. The van der Waals surface area contributed by atoms with Gasteiger partial charge in [0, 0.05) is 18.2 Å². The van der Waals surface area contributed by atoms with Gasteiger partial charge in [-0.05, 0) is 57.8 Å². The molecule has 1 atom stereocenters. The standard InChI is InChI=1S/C23H30N4O2S/c1-15(2)14-29-20-9-8-17(13-19(20)24-4)23-26-16(3)21(30-23)22(28)25-11-10-18-7-6-12-27(18)5/h8-9,13,15,18H,6-7,10-12,14H2,1-3,5H3,(H,25,28). The zero-order valence-electron chi connectivity index (χ0n) is 18.2. The summed E-state index contributed by atoms with van der Waals surface area (Å²) in [6.45, 7) is 15.9. The fourth-order valence-corrected chi connectivity index (χ4v) is 4.60. The molecule has 3 rings (SSSR count). The van der Waals surface area contributed by atoms with Crippen molar-refractivity contribution in [1.82, 2.24) is 15.2 Å². The van der Waals surface area contributed by atoms with Crippen LogP contribution < -0.4 is 10.1 Å². The number of ether oxygens (including phenoxy) is 1. The molecule has 1 fully saturated rings. The van der Waals surface area contributed by atoms with E-state index < -0.39 is 0 Å². The van der Waals surface area contributed by atoms with Crippen molar-refractivity contribution in [1.29, 1.82) is 0 Å². The predicted octanol–water partition coefficient (Wildman–Crippen LogP) is 4.92. The molecule has 1 amide bonds. The van der Waals surface area contributed by atoms with E-state index >= 15 is 0 Å². The smallest absolute Gasteiger partial charge is 0.263 e. The maximum Gasteiger partial charge on any atom is 0.263 e. The van der Waals surface area contributed by atoms with E-state index in [9.17, 15) is 4.79 Å². The minimum Gasteiger partial charge on any atom is -0.504 e. The van der Waals surface area contributed by atoms with Crippen LogP contribution in [0.15, 0.2) is 18.2 Å². The van der Waals surface area contributed by atoms with Gasteiger partial charge in [0.15, 0.2) is 0 Å². The lowest BCUT2D eigenvalue weighted by atomic mass is 10.1. The largest absolute Gasteiger partial charge is 0.504 e. The summed E-state index contributed by atoms with van der Waals surface area (Å²) in [6, 6.07) is 6.07. The van der Waals surface area contributed by atoms with Gasteiger partial charge in [-0.2, -0.15) is 0 Å². The Labute approximate surface area is 183 Å². The number of nitrogens with zero attached hydrogens (tertiary/aromatic N) is 3. The Bertz CT molecular complexity index is 932. The molecule has 0 aliphatic carbocycles. The maximum absolute atomic E-state index is 12.7. The first kappa shape index (κ1) is 22.3. The first-order valence-corrected chi connectivity index (χ1v) is 11.3. The van der Waals surface area contributed by atoms with E-state index in [1.807, 2.05) is 19.1 Å². The van der Waals surface area contributed by atoms with Crippen molar-refractivity contribution in [2.75, 3.05) is 26.7 Å². The fraction of sp³-hybridized carbons (Fsp3) is 0.522. The molecular formula is C23H30N4O2S. The SMILES string of the molecule is [C-]#[N+]c1cc(-c2nc(C)c(C(=O)NCCC3CCCN3C)s2)ccc1OCC(C)C. The van der Waals surface area contributed by atoms with E-state index in [1.165, 1.54) is 24.2 Å². The molecule has 1 unspecified atom stereocenters. The third-order valence-corrected chi connectivity index (χ3v) is 6.54. The van der Waals surface area contributed by atoms with Crippen LogP contribution in [0.4, 0.5) is 5.69 Å². The van der Waals surface area contributed by atoms with Gasteiger partial charge < -0.3 is 15.0 Å². The highest BCUT2D eigenvalue weighted by atomic mass is 32.1. The Hall–Kier alpha value is -2.43. The molecule has 6 nitrogen and oxygen atoms in total. The normalized spacial score (nSPS) is 16.6. The van der Waals surface area contributed by atoms with Gasteiger partial charge in [0.25, 0.3) is 5.91 Å². The summed E-state index contributed by atoms with van der Waals surface area (Å²) in [7, 11) is 2.15. The van der Waals surface area contributed by atoms with Gasteiger partial charge in [0.05, 0.1) is 18.9 Å². The number of aromatic nitrogens is 1. The average molecular weight is 427 g/mol. The fourth-order valence-electron chi connectivity index (χ4n) is 3.62. The highest BCUT2D eigenvalue weighted by Gasteiger charge is 2.21. The van der Waals surface area contributed by atoms with E-state index in [1.54, 1.807) is 6.07 Å². The number of amides is 1. The molecule has 2 heterocycles. The number of carbonyl (C=O) groups is 1. The monoisotopic (exact) mass is 426 g/mol. The molecule has 1 aromatic carbocycles. The minimum atomic E-state index is -0.0702. The lowest BCUT2D eigenvalue weighted by Gasteiger charge is -2.19. The van der Waals surface area contributed by atoms with Gasteiger partial charge in [0.1, 0.15) is 15.6 Å². The van der Waals surface area contributed by atoms with Gasteiger partial charge in [-0.15, -0.1) is 11.3 Å². The van der Waals surface area contributed by atoms with E-state index in [2.05, 4.69) is 40.9 Å². The molecule has 1 aliphatic heterocycles. The molecule has 0 bridgehead atoms. The number of nitrogens with one attached hydrogen (secondary N) is 1. The highest BCUT2D eigenvalue weighted by molar-refractivity contribution is 7.17. The summed E-state index contributed by atoms with van der Waals surface area (Å²) in [4.78, 5) is 23.9. The van der Waals surface area contributed by atoms with Crippen molar-refractivity contribution in [2.45, 2.75) is 46.1 Å². The number of hydrogen-bond acceptors (Lipinski definition) is 5. The number of carbonyl (C=O) groups excluding carboxylic acids is 1. The van der Waals surface area contributed by atoms with Crippen LogP contribution in [0, 0.1) is 19.4 Å². The molecule has 1 N–H and O–H groups in total. The second-order valence-electron chi connectivity index (χ2n) is 8.25. The lowest BCUT2D eigenvalue weighted by molar-refractivity contribution is 0.0953. The highest BCUT2D eigenvalue weighted by Crippen LogP contribution is 2.35. The van der Waals surface area contributed by atoms with Crippen LogP contribution in [0.1, 0.15) is 48.5 Å². The second-order valence-corrected chi connectivity index (χ2v) is 9.25. The minimum absolute atomic E-state index is 0.0702. The van der Waals surface area contributed by atoms with Crippen molar-refractivity contribution in [3.05, 3.63) is 40.2 Å². The molecule has 30 heavy (non-hydrogen) atoms. The van der Waals surface area contributed by atoms with Crippen molar-refractivity contribution >= 4 is 22.9 Å². The molecule has 1 saturated heterocycles. The Morgan fingerprint density at radius 2 is 2.27 bits per heavy atom. The maximum atomic E-state index is 12.7. The Balaban J connectivity index is 1.67. The van der Waals surface area contributed by atoms with Crippen LogP contribution in [0.2, 0.25) is 0 Å². The number of aryl methyl sites for hydroxylation is 1. The van der Waals surface area contributed by atoms with Gasteiger partial charge in [0.2, 0.25) is 5.69 Å². The van der Waals surface area contributed by atoms with Gasteiger partial charge in [-0.25, -0.2) is 9.83 Å². The second kappa shape index (κ2) is 10.1.